The van der Waals surface area contributed by atoms with Crippen molar-refractivity contribution in [1.29, 1.82) is 0 Å². The van der Waals surface area contributed by atoms with E-state index in [4.69, 9.17) is 9.56 Å². The summed E-state index contributed by atoms with van der Waals surface area (Å²) < 4.78 is 28.6. The molecule has 0 aliphatic carbocycles. The second-order valence-corrected chi connectivity index (χ2v) is 7.77. The number of nitrogens with two attached hydrogens (primary N) is 1. The topological polar surface area (TPSA) is 128 Å². The number of nitrogens with one attached hydrogen (secondary N) is 1. The summed E-state index contributed by atoms with van der Waals surface area (Å²) in [5.74, 6) is -0.357. The van der Waals surface area contributed by atoms with E-state index in [9.17, 15) is 13.2 Å². The van der Waals surface area contributed by atoms with E-state index in [1.54, 1.807) is 24.3 Å². The maximum absolute atomic E-state index is 12.4. The summed E-state index contributed by atoms with van der Waals surface area (Å²) in [4.78, 5) is 20.6. The molecule has 10 heteroatoms. The summed E-state index contributed by atoms with van der Waals surface area (Å²) in [6.07, 6.45) is 1.31. The van der Waals surface area contributed by atoms with Crippen LogP contribution in [0.4, 0.5) is 5.13 Å². The second-order valence-electron chi connectivity index (χ2n) is 5.18. The fourth-order valence-electron chi connectivity index (χ4n) is 2.30. The van der Waals surface area contributed by atoms with E-state index < -0.39 is 10.0 Å². The predicted molar refractivity (Wildman–Crippen MR) is 93.0 cm³/mol. The number of sulfonamides is 1. The van der Waals surface area contributed by atoms with Crippen LogP contribution in [0, 0.1) is 0 Å². The zero-order chi connectivity index (χ0) is 17.6. The van der Waals surface area contributed by atoms with E-state index >= 15 is 0 Å². The van der Waals surface area contributed by atoms with Crippen molar-refractivity contribution in [1.82, 2.24) is 9.97 Å². The number of primary sulfonamides is 1. The zero-order valence-corrected chi connectivity index (χ0v) is 14.1. The number of carbonyl (C=O) groups is 1. The first kappa shape index (κ1) is 15.7. The molecule has 4 aromatic rings. The van der Waals surface area contributed by atoms with E-state index in [1.807, 2.05) is 0 Å². The Balaban J connectivity index is 1.64. The third kappa shape index (κ3) is 2.97. The van der Waals surface area contributed by atoms with Gasteiger partial charge in [0, 0.05) is 5.56 Å². The third-order valence-electron chi connectivity index (χ3n) is 3.50. The molecular weight excluding hydrogens is 364 g/mol. The van der Waals surface area contributed by atoms with Crippen molar-refractivity contribution in [2.75, 3.05) is 5.32 Å². The van der Waals surface area contributed by atoms with Crippen LogP contribution in [0.3, 0.4) is 0 Å². The van der Waals surface area contributed by atoms with Gasteiger partial charge < -0.3 is 4.42 Å². The molecule has 0 unspecified atom stereocenters. The number of nitrogens with zero attached hydrogens (tertiary/aromatic N) is 2. The normalized spacial score (nSPS) is 11.9. The van der Waals surface area contributed by atoms with Crippen molar-refractivity contribution in [3.63, 3.8) is 0 Å². The minimum Gasteiger partial charge on any atom is -0.443 e. The standard InChI is InChI=1S/C15H10N4O4S2/c16-25(21,22)9-2-4-11-13(6-9)24-15(18-11)19-14(20)8-1-3-10-12(5-8)23-7-17-10/h1-7H,(H2,16,21,22)(H,18,19,20). The number of oxazole rings is 1. The van der Waals surface area contributed by atoms with Crippen LogP contribution in [0.25, 0.3) is 21.3 Å². The molecule has 2 aromatic heterocycles. The lowest BCUT2D eigenvalue weighted by Gasteiger charge is -2.00. The van der Waals surface area contributed by atoms with Crippen molar-refractivity contribution in [3.8, 4) is 0 Å². The molecule has 4 rings (SSSR count). The van der Waals surface area contributed by atoms with Crippen LogP contribution in [0.15, 0.2) is 52.1 Å². The summed E-state index contributed by atoms with van der Waals surface area (Å²) in [5.41, 5.74) is 2.13. The van der Waals surface area contributed by atoms with Gasteiger partial charge in [-0.05, 0) is 36.4 Å². The van der Waals surface area contributed by atoms with Gasteiger partial charge in [0.15, 0.2) is 17.1 Å². The molecule has 0 aliphatic rings. The Morgan fingerprint density at radius 2 is 1.96 bits per heavy atom. The minimum atomic E-state index is -3.79. The number of rotatable bonds is 3. The molecule has 0 atom stereocenters. The molecule has 0 aliphatic heterocycles. The highest BCUT2D eigenvalue weighted by atomic mass is 32.2. The molecule has 0 spiro atoms. The highest BCUT2D eigenvalue weighted by Gasteiger charge is 2.14. The molecule has 0 radical (unpaired) electrons. The van der Waals surface area contributed by atoms with Crippen molar-refractivity contribution < 1.29 is 17.6 Å². The molecule has 25 heavy (non-hydrogen) atoms. The maximum atomic E-state index is 12.4. The summed E-state index contributed by atoms with van der Waals surface area (Å²) in [6.45, 7) is 0. The fourth-order valence-corrected chi connectivity index (χ4v) is 3.82. The van der Waals surface area contributed by atoms with Crippen molar-refractivity contribution >= 4 is 53.7 Å². The average Bonchev–Trinajstić information content (AvgIpc) is 3.18. The van der Waals surface area contributed by atoms with Crippen LogP contribution in [0.5, 0.6) is 0 Å². The van der Waals surface area contributed by atoms with Gasteiger partial charge in [0.25, 0.3) is 5.91 Å². The molecule has 2 aromatic carbocycles. The molecular formula is C15H10N4O4S2. The molecule has 0 fully saturated rings. The number of hydrogen-bond acceptors (Lipinski definition) is 7. The molecule has 0 bridgehead atoms. The van der Waals surface area contributed by atoms with Gasteiger partial charge in [-0.1, -0.05) is 11.3 Å². The first-order valence-corrected chi connectivity index (χ1v) is 9.34. The lowest BCUT2D eigenvalue weighted by atomic mass is 10.2. The highest BCUT2D eigenvalue weighted by molar-refractivity contribution is 7.89. The number of benzene rings is 2. The number of fused-ring (bicyclic) bond motifs is 2. The van der Waals surface area contributed by atoms with Gasteiger partial charge >= 0.3 is 0 Å². The molecule has 126 valence electrons. The van der Waals surface area contributed by atoms with Crippen LogP contribution in [0.1, 0.15) is 10.4 Å². The van der Waals surface area contributed by atoms with Gasteiger partial charge in [0.1, 0.15) is 5.52 Å². The number of thiazole rings is 1. The maximum Gasteiger partial charge on any atom is 0.257 e. The SMILES string of the molecule is NS(=O)(=O)c1ccc2nc(NC(=O)c3ccc4ncoc4c3)sc2c1. The third-order valence-corrected chi connectivity index (χ3v) is 5.35. The van der Waals surface area contributed by atoms with E-state index in [2.05, 4.69) is 15.3 Å². The van der Waals surface area contributed by atoms with Crippen LogP contribution >= 0.6 is 11.3 Å². The summed E-state index contributed by atoms with van der Waals surface area (Å²) >= 11 is 1.16. The van der Waals surface area contributed by atoms with Crippen LogP contribution in [0.2, 0.25) is 0 Å². The van der Waals surface area contributed by atoms with Gasteiger partial charge in [0.05, 0.1) is 15.1 Å². The van der Waals surface area contributed by atoms with Crippen LogP contribution in [-0.4, -0.2) is 24.3 Å². The quantitative estimate of drug-likeness (QED) is 0.566. The molecule has 3 N–H and O–H groups in total. The smallest absolute Gasteiger partial charge is 0.257 e. The summed E-state index contributed by atoms with van der Waals surface area (Å²) in [6, 6.07) is 9.25. The zero-order valence-electron chi connectivity index (χ0n) is 12.5. The fraction of sp³-hybridized carbons (Fsp3) is 0. The largest absolute Gasteiger partial charge is 0.443 e. The Morgan fingerprint density at radius 1 is 1.16 bits per heavy atom. The van der Waals surface area contributed by atoms with Gasteiger partial charge in [-0.15, -0.1) is 0 Å². The number of hydrogen-bond donors (Lipinski definition) is 2. The number of anilines is 1. The Hall–Kier alpha value is -2.82. The Morgan fingerprint density at radius 3 is 2.76 bits per heavy atom. The van der Waals surface area contributed by atoms with Crippen LogP contribution in [-0.2, 0) is 10.0 Å². The molecule has 0 saturated heterocycles. The Kier molecular flexibility index (Phi) is 3.53. The second kappa shape index (κ2) is 5.62. The molecule has 0 saturated carbocycles. The summed E-state index contributed by atoms with van der Waals surface area (Å²) in [5, 5.41) is 8.16. The Labute approximate surface area is 145 Å². The van der Waals surface area contributed by atoms with Crippen molar-refractivity contribution in [3.05, 3.63) is 48.4 Å². The molecule has 1 amide bonds. The predicted octanol–water partition coefficient (Wildman–Crippen LogP) is 2.34. The van der Waals surface area contributed by atoms with Gasteiger partial charge in [-0.2, -0.15) is 0 Å². The van der Waals surface area contributed by atoms with Crippen molar-refractivity contribution in [2.24, 2.45) is 5.14 Å². The lowest BCUT2D eigenvalue weighted by Crippen LogP contribution is -2.11. The van der Waals surface area contributed by atoms with E-state index in [0.29, 0.717) is 32.0 Å². The van der Waals surface area contributed by atoms with Gasteiger partial charge in [0.2, 0.25) is 10.0 Å². The monoisotopic (exact) mass is 374 g/mol. The Bertz CT molecular complexity index is 1230. The van der Waals surface area contributed by atoms with E-state index in [1.165, 1.54) is 18.5 Å². The lowest BCUT2D eigenvalue weighted by molar-refractivity contribution is 0.102. The molecule has 8 nitrogen and oxygen atoms in total. The van der Waals surface area contributed by atoms with E-state index in [-0.39, 0.29) is 10.8 Å². The highest BCUT2D eigenvalue weighted by Crippen LogP contribution is 2.28. The minimum absolute atomic E-state index is 0.00250. The molecule has 2 heterocycles. The number of carbonyl (C=O) groups excluding carboxylic acids is 1. The number of amides is 1. The van der Waals surface area contributed by atoms with Gasteiger partial charge in [-0.3, -0.25) is 10.1 Å². The van der Waals surface area contributed by atoms with E-state index in [0.717, 1.165) is 11.3 Å². The van der Waals surface area contributed by atoms with Gasteiger partial charge in [-0.25, -0.2) is 23.5 Å². The first-order chi connectivity index (χ1) is 11.9. The summed E-state index contributed by atoms with van der Waals surface area (Å²) in [7, 11) is -3.79. The van der Waals surface area contributed by atoms with Crippen LogP contribution < -0.4 is 10.5 Å². The first-order valence-electron chi connectivity index (χ1n) is 6.98. The average molecular weight is 374 g/mol. The van der Waals surface area contributed by atoms with Crippen molar-refractivity contribution in [2.45, 2.75) is 4.90 Å². The number of aromatic nitrogens is 2.